The molecule has 0 saturated carbocycles. The molecule has 0 spiro atoms. The molecule has 4 aromatic heterocycles. The highest BCUT2D eigenvalue weighted by Crippen LogP contribution is 2.44. The summed E-state index contributed by atoms with van der Waals surface area (Å²) in [5.41, 5.74) is 13.0. The SMILES string of the molecule is c1ccc(-n2c3ccccc3c3ccccc32)c(-c2ccccc2-n2c3ccccc3c3cc4c(cc32)c2ccccc2c2ccccc2c2cccc3c5ccccc5n4c23)c1. The van der Waals surface area contributed by atoms with E-state index in [1.165, 1.54) is 114 Å². The zero-order valence-corrected chi connectivity index (χ0v) is 34.2. The lowest BCUT2D eigenvalue weighted by atomic mass is 10.00. The van der Waals surface area contributed by atoms with Gasteiger partial charge in [0.1, 0.15) is 0 Å². The lowest BCUT2D eigenvalue weighted by molar-refractivity contribution is 1.16. The lowest BCUT2D eigenvalue weighted by Gasteiger charge is -2.18. The van der Waals surface area contributed by atoms with E-state index in [9.17, 15) is 0 Å². The van der Waals surface area contributed by atoms with Crippen molar-refractivity contribution in [2.45, 2.75) is 0 Å². The van der Waals surface area contributed by atoms with Crippen LogP contribution in [0.1, 0.15) is 0 Å². The van der Waals surface area contributed by atoms with Crippen LogP contribution in [-0.4, -0.2) is 13.5 Å². The molecule has 63 heavy (non-hydrogen) atoms. The summed E-state index contributed by atoms with van der Waals surface area (Å²) in [5.74, 6) is 0. The van der Waals surface area contributed by atoms with Crippen LogP contribution in [0.4, 0.5) is 0 Å². The maximum atomic E-state index is 2.55. The van der Waals surface area contributed by atoms with E-state index in [4.69, 9.17) is 0 Å². The monoisotopic (exact) mass is 799 g/mol. The highest BCUT2D eigenvalue weighted by Gasteiger charge is 2.22. The summed E-state index contributed by atoms with van der Waals surface area (Å²) in [6.07, 6.45) is 0. The molecule has 292 valence electrons. The summed E-state index contributed by atoms with van der Waals surface area (Å²) in [6.45, 7) is 0. The number of aromatic nitrogens is 3. The zero-order chi connectivity index (χ0) is 41.2. The van der Waals surface area contributed by atoms with E-state index in [2.05, 4.69) is 238 Å². The number of para-hydroxylation sites is 7. The Hall–Kier alpha value is -8.40. The second-order valence-corrected chi connectivity index (χ2v) is 16.8. The summed E-state index contributed by atoms with van der Waals surface area (Å²) in [4.78, 5) is 0. The molecule has 0 radical (unpaired) electrons. The average Bonchev–Trinajstić information content (AvgIpc) is 3.99. The van der Waals surface area contributed by atoms with Crippen molar-refractivity contribution in [2.24, 2.45) is 0 Å². The largest absolute Gasteiger partial charge is 0.309 e. The zero-order valence-electron chi connectivity index (χ0n) is 34.2. The van der Waals surface area contributed by atoms with E-state index in [1.807, 2.05) is 0 Å². The molecule has 3 nitrogen and oxygen atoms in total. The minimum absolute atomic E-state index is 1.14. The van der Waals surface area contributed by atoms with E-state index in [1.54, 1.807) is 0 Å². The standard InChI is InChI=1S/C60H37N3/c1-3-20-40-38(18-1)39-19-2-4-21-41(39)50-36-58-51(37-59(50)63-57-35-16-9-26-46(57)49-29-17-28-48(40)60(49)63)47-27-10-15-34-56(47)62(58)55-33-14-8-25-45(55)44-24-7-13-32-54(44)61-52-30-11-5-22-42(52)43-23-6-12-31-53(43)61/h1-37H. The lowest BCUT2D eigenvalue weighted by Crippen LogP contribution is -2.01. The van der Waals surface area contributed by atoms with Gasteiger partial charge in [0.05, 0.1) is 50.0 Å². The van der Waals surface area contributed by atoms with Crippen LogP contribution in [-0.2, 0) is 0 Å². The molecule has 0 aliphatic carbocycles. The smallest absolute Gasteiger partial charge is 0.0619 e. The van der Waals surface area contributed by atoms with Gasteiger partial charge in [0, 0.05) is 54.2 Å². The highest BCUT2D eigenvalue weighted by atomic mass is 15.0. The minimum atomic E-state index is 1.14. The summed E-state index contributed by atoms with van der Waals surface area (Å²) in [5, 5.41) is 14.8. The topological polar surface area (TPSA) is 14.3 Å². The molecular weight excluding hydrogens is 763 g/mol. The van der Waals surface area contributed by atoms with Crippen molar-refractivity contribution in [1.82, 2.24) is 13.5 Å². The van der Waals surface area contributed by atoms with Crippen LogP contribution in [0.2, 0.25) is 0 Å². The maximum absolute atomic E-state index is 2.55. The molecule has 0 aliphatic rings. The summed E-state index contributed by atoms with van der Waals surface area (Å²) in [6, 6.07) is 83.0. The summed E-state index contributed by atoms with van der Waals surface area (Å²) in [7, 11) is 0. The second kappa shape index (κ2) is 13.1. The average molecular weight is 800 g/mol. The van der Waals surface area contributed by atoms with E-state index >= 15 is 0 Å². The van der Waals surface area contributed by atoms with Crippen LogP contribution in [0.25, 0.3) is 126 Å². The third-order valence-corrected chi connectivity index (χ3v) is 13.6. The van der Waals surface area contributed by atoms with Crippen LogP contribution >= 0.6 is 0 Å². The van der Waals surface area contributed by atoms with Crippen molar-refractivity contribution in [3.05, 3.63) is 224 Å². The molecule has 0 bridgehead atoms. The number of benzene rings is 10. The highest BCUT2D eigenvalue weighted by molar-refractivity contribution is 6.27. The Morgan fingerprint density at radius 3 is 1.06 bits per heavy atom. The predicted molar refractivity (Wildman–Crippen MR) is 268 cm³/mol. The molecule has 0 unspecified atom stereocenters. The third-order valence-electron chi connectivity index (χ3n) is 13.6. The van der Waals surface area contributed by atoms with Crippen molar-refractivity contribution >= 4 is 103 Å². The molecule has 3 heteroatoms. The number of hydrogen-bond acceptors (Lipinski definition) is 0. The Morgan fingerprint density at radius 1 is 0.206 bits per heavy atom. The van der Waals surface area contributed by atoms with Gasteiger partial charge in [0.15, 0.2) is 0 Å². The quantitative estimate of drug-likeness (QED) is 0.169. The van der Waals surface area contributed by atoms with Crippen LogP contribution in [0.3, 0.4) is 0 Å². The number of hydrogen-bond donors (Lipinski definition) is 0. The van der Waals surface area contributed by atoms with E-state index in [0.717, 1.165) is 11.4 Å². The van der Waals surface area contributed by atoms with Gasteiger partial charge in [-0.05, 0) is 70.1 Å². The second-order valence-electron chi connectivity index (χ2n) is 16.8. The number of nitrogens with zero attached hydrogens (tertiary/aromatic N) is 3. The Labute approximate surface area is 362 Å². The van der Waals surface area contributed by atoms with Gasteiger partial charge in [-0.2, -0.15) is 0 Å². The normalized spacial score (nSPS) is 12.1. The first kappa shape index (κ1) is 34.3. The van der Waals surface area contributed by atoms with Gasteiger partial charge in [-0.3, -0.25) is 0 Å². The molecule has 0 aliphatic heterocycles. The van der Waals surface area contributed by atoms with Gasteiger partial charge in [-0.25, -0.2) is 0 Å². The molecule has 0 saturated heterocycles. The Morgan fingerprint density at radius 2 is 0.524 bits per heavy atom. The van der Waals surface area contributed by atoms with Crippen LogP contribution in [0.15, 0.2) is 224 Å². The van der Waals surface area contributed by atoms with Gasteiger partial charge < -0.3 is 13.5 Å². The third kappa shape index (κ3) is 4.74. The van der Waals surface area contributed by atoms with Crippen molar-refractivity contribution in [1.29, 1.82) is 0 Å². The molecule has 0 N–H and O–H groups in total. The van der Waals surface area contributed by atoms with Crippen molar-refractivity contribution in [2.75, 3.05) is 0 Å². The van der Waals surface area contributed by atoms with Crippen molar-refractivity contribution < 1.29 is 0 Å². The fourth-order valence-electron chi connectivity index (χ4n) is 11.0. The Balaban J connectivity index is 1.16. The van der Waals surface area contributed by atoms with E-state index in [0.29, 0.717) is 0 Å². The van der Waals surface area contributed by atoms with Crippen LogP contribution in [0, 0.1) is 0 Å². The first-order chi connectivity index (χ1) is 31.3. The minimum Gasteiger partial charge on any atom is -0.309 e. The van der Waals surface area contributed by atoms with Gasteiger partial charge >= 0.3 is 0 Å². The van der Waals surface area contributed by atoms with E-state index in [-0.39, 0.29) is 0 Å². The molecule has 4 heterocycles. The first-order valence-electron chi connectivity index (χ1n) is 21.8. The molecule has 0 amide bonds. The van der Waals surface area contributed by atoms with E-state index < -0.39 is 0 Å². The molecule has 0 fully saturated rings. The Bertz CT molecular complexity index is 4220. The fourth-order valence-corrected chi connectivity index (χ4v) is 11.0. The van der Waals surface area contributed by atoms with Gasteiger partial charge in [0.25, 0.3) is 0 Å². The molecule has 10 aromatic carbocycles. The molecule has 0 atom stereocenters. The van der Waals surface area contributed by atoms with Gasteiger partial charge in [-0.15, -0.1) is 0 Å². The fraction of sp³-hybridized carbons (Fsp3) is 0. The van der Waals surface area contributed by atoms with Crippen molar-refractivity contribution in [3.63, 3.8) is 0 Å². The predicted octanol–water partition coefficient (Wildman–Crippen LogP) is 16.1. The van der Waals surface area contributed by atoms with Crippen LogP contribution < -0.4 is 0 Å². The van der Waals surface area contributed by atoms with Crippen molar-refractivity contribution in [3.8, 4) is 22.5 Å². The summed E-state index contributed by atoms with van der Waals surface area (Å²) >= 11 is 0. The Kier molecular flexibility index (Phi) is 7.11. The molecule has 14 rings (SSSR count). The molecular formula is C60H37N3. The number of fused-ring (bicyclic) bond motifs is 16. The van der Waals surface area contributed by atoms with Gasteiger partial charge in [0.2, 0.25) is 0 Å². The number of rotatable bonds is 3. The first-order valence-corrected chi connectivity index (χ1v) is 21.8. The van der Waals surface area contributed by atoms with Crippen LogP contribution in [0.5, 0.6) is 0 Å². The maximum Gasteiger partial charge on any atom is 0.0619 e. The summed E-state index contributed by atoms with van der Waals surface area (Å²) < 4.78 is 7.52. The molecule has 14 aromatic rings. The van der Waals surface area contributed by atoms with Gasteiger partial charge in [-0.1, -0.05) is 176 Å².